The molecule has 0 aliphatic heterocycles. The average Bonchev–Trinajstić information content (AvgIpc) is 3.03. The van der Waals surface area contributed by atoms with Crippen LogP contribution in [0.1, 0.15) is 11.1 Å². The average molecular weight is 656 g/mol. The number of anilines is 1. The van der Waals surface area contributed by atoms with E-state index in [-0.39, 0.29) is 34.3 Å². The van der Waals surface area contributed by atoms with Crippen molar-refractivity contribution in [3.8, 4) is 0 Å². The lowest BCUT2D eigenvalue weighted by Gasteiger charge is -2.33. The molecule has 4 aromatic carbocycles. The molecule has 13 heteroatoms. The summed E-state index contributed by atoms with van der Waals surface area (Å²) < 4.78 is 28.7. The zero-order valence-electron chi connectivity index (χ0n) is 23.5. The van der Waals surface area contributed by atoms with Crippen LogP contribution in [0.2, 0.25) is 10.0 Å². The number of rotatable bonds is 12. The number of nitrogens with zero attached hydrogens (tertiary/aromatic N) is 3. The predicted molar refractivity (Wildman–Crippen MR) is 169 cm³/mol. The molecule has 0 spiro atoms. The third-order valence-electron chi connectivity index (χ3n) is 6.81. The zero-order chi connectivity index (χ0) is 31.9. The molecule has 0 aliphatic rings. The van der Waals surface area contributed by atoms with E-state index in [2.05, 4.69) is 5.32 Å². The standard InChI is InChI=1S/C31H28Cl2N4O6S/c1-34-31(39)29(19-22-8-4-2-5-9-22)35(20-23-12-17-27(32)28(33)18-23)30(38)21-36(24-13-15-25(16-14-24)37(40)41)44(42,43)26-10-6-3-7-11-26/h2-18,29H,19-21H2,1H3,(H,34,39)/t29-/m0/s1. The van der Waals surface area contributed by atoms with E-state index in [0.29, 0.717) is 10.6 Å². The Bertz CT molecular complexity index is 1740. The number of carbonyl (C=O) groups is 2. The molecule has 0 bridgehead atoms. The lowest BCUT2D eigenvalue weighted by molar-refractivity contribution is -0.384. The molecule has 0 aromatic heterocycles. The summed E-state index contributed by atoms with van der Waals surface area (Å²) in [5, 5.41) is 14.4. The number of amides is 2. The van der Waals surface area contributed by atoms with Gasteiger partial charge in [-0.1, -0.05) is 77.8 Å². The number of likely N-dealkylation sites (N-methyl/N-ethyl adjacent to an activating group) is 1. The molecule has 4 rings (SSSR count). The van der Waals surface area contributed by atoms with Crippen molar-refractivity contribution in [2.45, 2.75) is 23.9 Å². The second kappa shape index (κ2) is 14.3. The van der Waals surface area contributed by atoms with Crippen LogP contribution in [-0.2, 0) is 32.6 Å². The van der Waals surface area contributed by atoms with E-state index in [1.807, 2.05) is 30.3 Å². The Balaban J connectivity index is 1.80. The molecule has 1 atom stereocenters. The molecule has 2 amide bonds. The van der Waals surface area contributed by atoms with Crippen molar-refractivity contribution >= 4 is 56.4 Å². The van der Waals surface area contributed by atoms with Crippen LogP contribution in [-0.4, -0.2) is 49.7 Å². The molecule has 0 saturated carbocycles. The molecule has 0 radical (unpaired) electrons. The Morgan fingerprint density at radius 1 is 0.864 bits per heavy atom. The predicted octanol–water partition coefficient (Wildman–Crippen LogP) is 5.48. The van der Waals surface area contributed by atoms with Crippen LogP contribution in [0.15, 0.2) is 108 Å². The Morgan fingerprint density at radius 2 is 1.48 bits per heavy atom. The summed E-state index contributed by atoms with van der Waals surface area (Å²) in [6, 6.07) is 25.2. The number of carbonyl (C=O) groups excluding carboxylic acids is 2. The van der Waals surface area contributed by atoms with Crippen LogP contribution in [0.5, 0.6) is 0 Å². The van der Waals surface area contributed by atoms with Crippen LogP contribution in [0.4, 0.5) is 11.4 Å². The summed E-state index contributed by atoms with van der Waals surface area (Å²) >= 11 is 12.4. The summed E-state index contributed by atoms with van der Waals surface area (Å²) in [5.74, 6) is -1.16. The molecule has 10 nitrogen and oxygen atoms in total. The van der Waals surface area contributed by atoms with E-state index in [1.165, 1.54) is 36.2 Å². The number of non-ortho nitro benzene ring substituents is 1. The van der Waals surface area contributed by atoms with Gasteiger partial charge in [0.2, 0.25) is 11.8 Å². The van der Waals surface area contributed by atoms with E-state index in [0.717, 1.165) is 22.0 Å². The van der Waals surface area contributed by atoms with E-state index in [1.54, 1.807) is 36.4 Å². The van der Waals surface area contributed by atoms with Crippen molar-refractivity contribution in [3.05, 3.63) is 134 Å². The van der Waals surface area contributed by atoms with Crippen molar-refractivity contribution in [2.75, 3.05) is 17.9 Å². The first-order valence-electron chi connectivity index (χ1n) is 13.3. The largest absolute Gasteiger partial charge is 0.357 e. The number of hydrogen-bond acceptors (Lipinski definition) is 6. The lowest BCUT2D eigenvalue weighted by atomic mass is 10.0. The number of halogens is 2. The molecule has 0 unspecified atom stereocenters. The first-order chi connectivity index (χ1) is 21.0. The van der Waals surface area contributed by atoms with Crippen LogP contribution < -0.4 is 9.62 Å². The number of hydrogen-bond donors (Lipinski definition) is 1. The van der Waals surface area contributed by atoms with Crippen molar-refractivity contribution in [3.63, 3.8) is 0 Å². The number of nitro benzene ring substituents is 1. The van der Waals surface area contributed by atoms with Gasteiger partial charge in [-0.25, -0.2) is 8.42 Å². The third kappa shape index (κ3) is 7.73. The first kappa shape index (κ1) is 32.5. The molecule has 0 heterocycles. The van der Waals surface area contributed by atoms with Crippen molar-refractivity contribution in [1.29, 1.82) is 0 Å². The van der Waals surface area contributed by atoms with Gasteiger partial charge in [0.05, 0.1) is 25.6 Å². The van der Waals surface area contributed by atoms with Crippen molar-refractivity contribution in [1.82, 2.24) is 10.2 Å². The Hall–Kier alpha value is -4.45. The maximum Gasteiger partial charge on any atom is 0.269 e. The summed E-state index contributed by atoms with van der Waals surface area (Å²) in [5.41, 5.74) is 1.11. The smallest absolute Gasteiger partial charge is 0.269 e. The number of nitro groups is 1. The van der Waals surface area contributed by atoms with E-state index in [9.17, 15) is 28.1 Å². The Labute approximate surface area is 265 Å². The van der Waals surface area contributed by atoms with Gasteiger partial charge in [0.15, 0.2) is 0 Å². The van der Waals surface area contributed by atoms with Crippen LogP contribution in [0.3, 0.4) is 0 Å². The zero-order valence-corrected chi connectivity index (χ0v) is 25.8. The third-order valence-corrected chi connectivity index (χ3v) is 9.34. The summed E-state index contributed by atoms with van der Waals surface area (Å²) in [7, 11) is -2.88. The topological polar surface area (TPSA) is 130 Å². The number of sulfonamides is 1. The van der Waals surface area contributed by atoms with Gasteiger partial charge in [-0.05, 0) is 47.5 Å². The summed E-state index contributed by atoms with van der Waals surface area (Å²) in [6.07, 6.45) is 0.135. The maximum atomic E-state index is 14.3. The van der Waals surface area contributed by atoms with Crippen LogP contribution in [0.25, 0.3) is 0 Å². The fourth-order valence-corrected chi connectivity index (χ4v) is 6.30. The SMILES string of the molecule is CNC(=O)[C@H](Cc1ccccc1)N(Cc1ccc(Cl)c(Cl)c1)C(=O)CN(c1ccc([N+](=O)[O-])cc1)S(=O)(=O)c1ccccc1. The lowest BCUT2D eigenvalue weighted by Crippen LogP contribution is -2.53. The normalized spacial score (nSPS) is 11.8. The van der Waals surface area contributed by atoms with Gasteiger partial charge >= 0.3 is 0 Å². The minimum absolute atomic E-state index is 0.0295. The quantitative estimate of drug-likeness (QED) is 0.159. The molecule has 228 valence electrons. The van der Waals surface area contributed by atoms with Gasteiger partial charge in [0, 0.05) is 32.1 Å². The van der Waals surface area contributed by atoms with Crippen molar-refractivity contribution in [2.24, 2.45) is 0 Å². The Morgan fingerprint density at radius 3 is 2.05 bits per heavy atom. The molecular weight excluding hydrogens is 627 g/mol. The second-order valence-electron chi connectivity index (χ2n) is 9.69. The van der Waals surface area contributed by atoms with Gasteiger partial charge in [0.25, 0.3) is 15.7 Å². The van der Waals surface area contributed by atoms with Gasteiger partial charge in [0.1, 0.15) is 12.6 Å². The van der Waals surface area contributed by atoms with Gasteiger partial charge in [-0.3, -0.25) is 24.0 Å². The molecule has 0 fully saturated rings. The fraction of sp³-hybridized carbons (Fsp3) is 0.161. The highest BCUT2D eigenvalue weighted by molar-refractivity contribution is 7.92. The van der Waals surface area contributed by atoms with E-state index in [4.69, 9.17) is 23.2 Å². The molecule has 44 heavy (non-hydrogen) atoms. The van der Waals surface area contributed by atoms with E-state index >= 15 is 0 Å². The first-order valence-corrected chi connectivity index (χ1v) is 15.5. The second-order valence-corrected chi connectivity index (χ2v) is 12.4. The van der Waals surface area contributed by atoms with Crippen LogP contribution in [0, 0.1) is 10.1 Å². The minimum Gasteiger partial charge on any atom is -0.357 e. The highest BCUT2D eigenvalue weighted by atomic mass is 35.5. The molecule has 0 saturated heterocycles. The minimum atomic E-state index is -4.33. The van der Waals surface area contributed by atoms with Crippen molar-refractivity contribution < 1.29 is 22.9 Å². The summed E-state index contributed by atoms with van der Waals surface area (Å²) in [4.78, 5) is 39.4. The molecule has 0 aliphatic carbocycles. The molecule has 1 N–H and O–H groups in total. The van der Waals surface area contributed by atoms with Gasteiger partial charge < -0.3 is 10.2 Å². The monoisotopic (exact) mass is 654 g/mol. The number of nitrogens with one attached hydrogen (secondary N) is 1. The van der Waals surface area contributed by atoms with E-state index < -0.39 is 39.3 Å². The highest BCUT2D eigenvalue weighted by Gasteiger charge is 2.34. The van der Waals surface area contributed by atoms with Gasteiger partial charge in [-0.2, -0.15) is 0 Å². The number of benzene rings is 4. The van der Waals surface area contributed by atoms with Gasteiger partial charge in [-0.15, -0.1) is 0 Å². The maximum absolute atomic E-state index is 14.3. The fourth-order valence-electron chi connectivity index (χ4n) is 4.54. The highest BCUT2D eigenvalue weighted by Crippen LogP contribution is 2.28. The molecule has 4 aromatic rings. The van der Waals surface area contributed by atoms with Crippen LogP contribution >= 0.6 is 23.2 Å². The Kier molecular flexibility index (Phi) is 10.6. The molecular formula is C31H28Cl2N4O6S. The summed E-state index contributed by atoms with van der Waals surface area (Å²) in [6.45, 7) is -0.807.